The molecule has 1 aromatic heterocycles. The van der Waals surface area contributed by atoms with Crippen LogP contribution in [0.3, 0.4) is 0 Å². The van der Waals surface area contributed by atoms with E-state index in [1.54, 1.807) is 5.01 Å². The van der Waals surface area contributed by atoms with E-state index in [1.165, 1.54) is 5.56 Å². The molecule has 3 fully saturated rings. The average molecular weight is 424 g/mol. The van der Waals surface area contributed by atoms with Crippen LogP contribution < -0.4 is 0 Å². The monoisotopic (exact) mass is 423 g/mol. The molecule has 7 rings (SSSR count). The van der Waals surface area contributed by atoms with Crippen LogP contribution in [0, 0.1) is 35.5 Å². The van der Waals surface area contributed by atoms with Crippen molar-refractivity contribution in [2.75, 3.05) is 0 Å². The van der Waals surface area contributed by atoms with Gasteiger partial charge in [0.05, 0.1) is 29.4 Å². The lowest BCUT2D eigenvalue weighted by atomic mass is 9.69. The number of carbonyl (C=O) groups excluding carboxylic acids is 1. The standard InChI is InChI=1S/C26H25N5O/c1-17-2-5-19(6-3-17)24-8-9-28-31(24)25(32)22-13-26(11-21(22)12-26)16-30-23-7-4-18(14-27)10-20(23)15-29-30/h2-7,9-10,15,21-22,24H,8,11-13,16H2,1H3/t21?,22-,24?,26?/m0/s1. The first-order chi connectivity index (χ1) is 15.5. The third kappa shape index (κ3) is 2.96. The highest BCUT2D eigenvalue weighted by molar-refractivity contribution is 5.83. The zero-order valence-corrected chi connectivity index (χ0v) is 18.1. The second-order valence-corrected chi connectivity index (χ2v) is 9.81. The number of fused-ring (bicyclic) bond motifs is 2. The highest BCUT2D eigenvalue weighted by atomic mass is 16.2. The van der Waals surface area contributed by atoms with Crippen LogP contribution in [0.15, 0.2) is 53.8 Å². The highest BCUT2D eigenvalue weighted by Gasteiger charge is 2.59. The normalized spacial score (nSPS) is 28.1. The van der Waals surface area contributed by atoms with Crippen LogP contribution in [0.2, 0.25) is 0 Å². The van der Waals surface area contributed by atoms with E-state index >= 15 is 0 Å². The first-order valence-electron chi connectivity index (χ1n) is 11.3. The van der Waals surface area contributed by atoms with Gasteiger partial charge in [-0.2, -0.15) is 15.5 Å². The van der Waals surface area contributed by atoms with Gasteiger partial charge >= 0.3 is 0 Å². The van der Waals surface area contributed by atoms with Crippen molar-refractivity contribution in [2.45, 2.75) is 45.2 Å². The minimum absolute atomic E-state index is 0.0150. The molecule has 6 heteroatoms. The molecule has 1 aliphatic heterocycles. The molecule has 0 radical (unpaired) electrons. The van der Waals surface area contributed by atoms with Crippen LogP contribution in [0.5, 0.6) is 0 Å². The molecule has 32 heavy (non-hydrogen) atoms. The van der Waals surface area contributed by atoms with Gasteiger partial charge in [-0.15, -0.1) is 0 Å². The number of hydrazone groups is 1. The number of carbonyl (C=O) groups is 1. The fourth-order valence-corrected chi connectivity index (χ4v) is 6.08. The lowest BCUT2D eigenvalue weighted by molar-refractivity contribution is -0.138. The van der Waals surface area contributed by atoms with Crippen molar-refractivity contribution in [3.05, 3.63) is 65.4 Å². The Balaban J connectivity index is 1.19. The molecule has 2 aromatic carbocycles. The minimum atomic E-state index is 0.0150. The fourth-order valence-electron chi connectivity index (χ4n) is 6.08. The number of hydrogen-bond donors (Lipinski definition) is 0. The summed E-state index contributed by atoms with van der Waals surface area (Å²) in [7, 11) is 0. The molecule has 3 aromatic rings. The second kappa shape index (κ2) is 7.03. The van der Waals surface area contributed by atoms with Gasteiger partial charge in [-0.05, 0) is 61.3 Å². The Labute approximate surface area is 187 Å². The molecule has 3 saturated carbocycles. The van der Waals surface area contributed by atoms with E-state index < -0.39 is 0 Å². The number of rotatable bonds is 4. The van der Waals surface area contributed by atoms with Crippen LogP contribution in [0.4, 0.5) is 0 Å². The molecular formula is C26H25N5O. The molecule has 160 valence electrons. The van der Waals surface area contributed by atoms with Gasteiger partial charge in [-0.1, -0.05) is 29.8 Å². The van der Waals surface area contributed by atoms with Gasteiger partial charge in [0.1, 0.15) is 0 Å². The van der Waals surface area contributed by atoms with Crippen molar-refractivity contribution in [1.29, 1.82) is 5.26 Å². The largest absolute Gasteiger partial charge is 0.273 e. The van der Waals surface area contributed by atoms with E-state index in [0.29, 0.717) is 11.5 Å². The Hall–Kier alpha value is -3.46. The highest BCUT2D eigenvalue weighted by Crippen LogP contribution is 2.63. The van der Waals surface area contributed by atoms with Gasteiger partial charge in [-0.3, -0.25) is 9.48 Å². The molecular weight excluding hydrogens is 398 g/mol. The molecule has 2 bridgehead atoms. The predicted octanol–water partition coefficient (Wildman–Crippen LogP) is 4.59. The quantitative estimate of drug-likeness (QED) is 0.616. The molecule has 2 heterocycles. The summed E-state index contributed by atoms with van der Waals surface area (Å²) in [5.41, 5.74) is 4.22. The topological polar surface area (TPSA) is 74.3 Å². The third-order valence-electron chi connectivity index (χ3n) is 7.70. The van der Waals surface area contributed by atoms with Crippen molar-refractivity contribution in [3.8, 4) is 6.07 Å². The van der Waals surface area contributed by atoms with Crippen molar-refractivity contribution in [3.63, 3.8) is 0 Å². The van der Waals surface area contributed by atoms with E-state index in [4.69, 9.17) is 5.26 Å². The Morgan fingerprint density at radius 2 is 2.00 bits per heavy atom. The van der Waals surface area contributed by atoms with E-state index in [9.17, 15) is 4.79 Å². The molecule has 0 spiro atoms. The molecule has 3 aliphatic carbocycles. The summed E-state index contributed by atoms with van der Waals surface area (Å²) in [6.45, 7) is 2.90. The SMILES string of the molecule is Cc1ccc(C2CC=NN2C(=O)[C@H]2CC3(Cn4ncc5cc(C#N)ccc54)CC2C3)cc1. The van der Waals surface area contributed by atoms with Crippen molar-refractivity contribution in [2.24, 2.45) is 22.4 Å². The number of nitrogens with zero attached hydrogens (tertiary/aromatic N) is 5. The third-order valence-corrected chi connectivity index (χ3v) is 7.70. The van der Waals surface area contributed by atoms with Gasteiger partial charge in [0, 0.05) is 30.5 Å². The maximum Gasteiger partial charge on any atom is 0.246 e. The summed E-state index contributed by atoms with van der Waals surface area (Å²) in [6.07, 6.45) is 7.55. The molecule has 0 N–H and O–H groups in total. The molecule has 1 amide bonds. The fraction of sp³-hybridized carbons (Fsp3) is 0.385. The van der Waals surface area contributed by atoms with Gasteiger partial charge in [0.15, 0.2) is 0 Å². The molecule has 1 unspecified atom stereocenters. The lowest BCUT2D eigenvalue weighted by Gasteiger charge is -2.38. The van der Waals surface area contributed by atoms with E-state index in [2.05, 4.69) is 52.1 Å². The second-order valence-electron chi connectivity index (χ2n) is 9.81. The number of hydrogen-bond acceptors (Lipinski definition) is 4. The summed E-state index contributed by atoms with van der Waals surface area (Å²) < 4.78 is 2.06. The Kier molecular flexibility index (Phi) is 4.23. The Morgan fingerprint density at radius 3 is 2.78 bits per heavy atom. The summed E-state index contributed by atoms with van der Waals surface area (Å²) in [5, 5.41) is 21.0. The Bertz CT molecular complexity index is 1280. The number of aromatic nitrogens is 2. The maximum absolute atomic E-state index is 13.5. The zero-order chi connectivity index (χ0) is 21.9. The minimum Gasteiger partial charge on any atom is -0.273 e. The summed E-state index contributed by atoms with van der Waals surface area (Å²) in [6, 6.07) is 16.4. The van der Waals surface area contributed by atoms with Crippen LogP contribution in [-0.2, 0) is 11.3 Å². The smallest absolute Gasteiger partial charge is 0.246 e. The summed E-state index contributed by atoms with van der Waals surface area (Å²) >= 11 is 0. The Morgan fingerprint density at radius 1 is 1.19 bits per heavy atom. The van der Waals surface area contributed by atoms with Crippen LogP contribution in [0.1, 0.15) is 48.4 Å². The number of nitriles is 1. The first-order valence-corrected chi connectivity index (χ1v) is 11.3. The van der Waals surface area contributed by atoms with Crippen LogP contribution >= 0.6 is 0 Å². The first kappa shape index (κ1) is 19.2. The number of benzene rings is 2. The number of amides is 1. The van der Waals surface area contributed by atoms with Gasteiger partial charge < -0.3 is 0 Å². The molecule has 2 atom stereocenters. The molecule has 4 aliphatic rings. The number of aryl methyl sites for hydroxylation is 1. The van der Waals surface area contributed by atoms with E-state index in [1.807, 2.05) is 30.6 Å². The predicted molar refractivity (Wildman–Crippen MR) is 122 cm³/mol. The van der Waals surface area contributed by atoms with Crippen molar-refractivity contribution >= 4 is 23.0 Å². The summed E-state index contributed by atoms with van der Waals surface area (Å²) in [5.74, 6) is 0.673. The van der Waals surface area contributed by atoms with Crippen LogP contribution in [0.25, 0.3) is 10.9 Å². The van der Waals surface area contributed by atoms with E-state index in [-0.39, 0.29) is 23.3 Å². The summed E-state index contributed by atoms with van der Waals surface area (Å²) in [4.78, 5) is 13.5. The van der Waals surface area contributed by atoms with Gasteiger partial charge in [0.2, 0.25) is 5.91 Å². The van der Waals surface area contributed by atoms with Gasteiger partial charge in [0.25, 0.3) is 0 Å². The average Bonchev–Trinajstić information content (AvgIpc) is 3.56. The van der Waals surface area contributed by atoms with Crippen molar-refractivity contribution < 1.29 is 4.79 Å². The lowest BCUT2D eigenvalue weighted by Crippen LogP contribution is -2.35. The zero-order valence-electron chi connectivity index (χ0n) is 18.1. The molecule has 0 saturated heterocycles. The maximum atomic E-state index is 13.5. The van der Waals surface area contributed by atoms with Crippen LogP contribution in [-0.4, -0.2) is 26.9 Å². The molecule has 6 nitrogen and oxygen atoms in total. The van der Waals surface area contributed by atoms with Gasteiger partial charge in [-0.25, -0.2) is 5.01 Å². The van der Waals surface area contributed by atoms with E-state index in [0.717, 1.165) is 48.7 Å². The van der Waals surface area contributed by atoms with Crippen molar-refractivity contribution in [1.82, 2.24) is 14.8 Å².